The highest BCUT2D eigenvalue weighted by Crippen LogP contribution is 2.17. The molecule has 1 aromatic heterocycles. The second-order valence-electron chi connectivity index (χ2n) is 3.67. The molecule has 2 heterocycles. The van der Waals surface area contributed by atoms with Gasteiger partial charge in [-0.1, -0.05) is 6.92 Å². The van der Waals surface area contributed by atoms with Crippen LogP contribution in [-0.2, 0) is 11.2 Å². The molecule has 0 bridgehead atoms. The van der Waals surface area contributed by atoms with E-state index in [1.54, 1.807) is 0 Å². The molecule has 0 unspecified atom stereocenters. The van der Waals surface area contributed by atoms with Gasteiger partial charge in [0.1, 0.15) is 17.7 Å². The lowest BCUT2D eigenvalue weighted by atomic mass is 10.3. The fraction of sp³-hybridized carbons (Fsp3) is 0.636. The number of ether oxygens (including phenoxy) is 2. The van der Waals surface area contributed by atoms with Crippen molar-refractivity contribution in [2.75, 3.05) is 25.1 Å². The van der Waals surface area contributed by atoms with Crippen molar-refractivity contribution in [3.63, 3.8) is 0 Å². The minimum absolute atomic E-state index is 0.147. The van der Waals surface area contributed by atoms with E-state index in [-0.39, 0.29) is 6.10 Å². The molecule has 1 N–H and O–H groups in total. The Kier molecular flexibility index (Phi) is 3.56. The zero-order chi connectivity index (χ0) is 11.4. The van der Waals surface area contributed by atoms with Gasteiger partial charge in [-0.05, 0) is 6.92 Å². The van der Waals surface area contributed by atoms with Crippen LogP contribution in [-0.4, -0.2) is 35.8 Å². The fourth-order valence-corrected chi connectivity index (χ4v) is 1.42. The van der Waals surface area contributed by atoms with Crippen LogP contribution in [0.2, 0.25) is 0 Å². The molecular weight excluding hydrogens is 206 g/mol. The first kappa shape index (κ1) is 11.1. The molecule has 0 spiro atoms. The molecule has 1 aliphatic heterocycles. The Morgan fingerprint density at radius 3 is 2.81 bits per heavy atom. The van der Waals surface area contributed by atoms with Crippen LogP contribution in [0.4, 0.5) is 5.82 Å². The van der Waals surface area contributed by atoms with Gasteiger partial charge in [-0.2, -0.15) is 4.98 Å². The second-order valence-corrected chi connectivity index (χ2v) is 3.67. The van der Waals surface area contributed by atoms with Crippen molar-refractivity contribution in [2.45, 2.75) is 26.4 Å². The molecule has 0 atom stereocenters. The maximum atomic E-state index is 5.66. The summed E-state index contributed by atoms with van der Waals surface area (Å²) >= 11 is 0. The number of aryl methyl sites for hydroxylation is 1. The van der Waals surface area contributed by atoms with E-state index in [2.05, 4.69) is 15.3 Å². The molecule has 1 aromatic rings. The van der Waals surface area contributed by atoms with Crippen molar-refractivity contribution in [1.82, 2.24) is 9.97 Å². The number of hydrogen-bond acceptors (Lipinski definition) is 5. The second kappa shape index (κ2) is 5.12. The molecule has 2 rings (SSSR count). The van der Waals surface area contributed by atoms with Crippen molar-refractivity contribution >= 4 is 5.82 Å². The monoisotopic (exact) mass is 223 g/mol. The lowest BCUT2D eigenvalue weighted by Gasteiger charge is -2.26. The van der Waals surface area contributed by atoms with Gasteiger partial charge in [0, 0.05) is 19.0 Å². The van der Waals surface area contributed by atoms with Gasteiger partial charge in [-0.15, -0.1) is 0 Å². The van der Waals surface area contributed by atoms with E-state index < -0.39 is 0 Å². The first-order chi connectivity index (χ1) is 7.81. The highest BCUT2D eigenvalue weighted by molar-refractivity contribution is 5.38. The van der Waals surface area contributed by atoms with Crippen LogP contribution in [0.25, 0.3) is 0 Å². The van der Waals surface area contributed by atoms with Gasteiger partial charge in [0.15, 0.2) is 0 Å². The standard InChI is InChI=1S/C11H17N3O2/c1-3-9-13-10(12-4-2)5-11(14-9)16-8-6-15-7-8/h5,8H,3-4,6-7H2,1-2H3,(H,12,13,14). The van der Waals surface area contributed by atoms with Gasteiger partial charge in [-0.3, -0.25) is 0 Å². The van der Waals surface area contributed by atoms with Crippen LogP contribution < -0.4 is 10.1 Å². The molecule has 0 saturated carbocycles. The molecule has 1 aliphatic rings. The zero-order valence-electron chi connectivity index (χ0n) is 9.69. The summed E-state index contributed by atoms with van der Waals surface area (Å²) in [5, 5.41) is 3.17. The van der Waals surface area contributed by atoms with Crippen LogP contribution in [0, 0.1) is 0 Å². The summed E-state index contributed by atoms with van der Waals surface area (Å²) in [6, 6.07) is 1.83. The number of rotatable bonds is 5. The molecule has 0 amide bonds. The maximum absolute atomic E-state index is 5.66. The number of nitrogens with one attached hydrogen (secondary N) is 1. The fourth-order valence-electron chi connectivity index (χ4n) is 1.42. The third-order valence-electron chi connectivity index (χ3n) is 2.32. The largest absolute Gasteiger partial charge is 0.469 e. The Balaban J connectivity index is 2.11. The van der Waals surface area contributed by atoms with Crippen LogP contribution >= 0.6 is 0 Å². The minimum Gasteiger partial charge on any atom is -0.469 e. The summed E-state index contributed by atoms with van der Waals surface area (Å²) in [6.07, 6.45) is 0.950. The lowest BCUT2D eigenvalue weighted by Crippen LogP contribution is -2.38. The number of nitrogens with zero attached hydrogens (tertiary/aromatic N) is 2. The zero-order valence-corrected chi connectivity index (χ0v) is 9.69. The van der Waals surface area contributed by atoms with Gasteiger partial charge < -0.3 is 14.8 Å². The summed E-state index contributed by atoms with van der Waals surface area (Å²) in [5.41, 5.74) is 0. The smallest absolute Gasteiger partial charge is 0.219 e. The third kappa shape index (κ3) is 2.61. The van der Waals surface area contributed by atoms with Crippen LogP contribution in [0.1, 0.15) is 19.7 Å². The third-order valence-corrected chi connectivity index (χ3v) is 2.32. The van der Waals surface area contributed by atoms with Crippen molar-refractivity contribution in [1.29, 1.82) is 0 Å². The predicted octanol–water partition coefficient (Wildman–Crippen LogP) is 1.25. The highest BCUT2D eigenvalue weighted by Gasteiger charge is 2.21. The first-order valence-electron chi connectivity index (χ1n) is 5.68. The normalized spacial score (nSPS) is 15.6. The van der Waals surface area contributed by atoms with E-state index in [1.165, 1.54) is 0 Å². The van der Waals surface area contributed by atoms with Crippen molar-refractivity contribution < 1.29 is 9.47 Å². The van der Waals surface area contributed by atoms with Gasteiger partial charge in [-0.25, -0.2) is 4.98 Å². The van der Waals surface area contributed by atoms with E-state index in [1.807, 2.05) is 19.9 Å². The quantitative estimate of drug-likeness (QED) is 0.814. The van der Waals surface area contributed by atoms with Gasteiger partial charge in [0.25, 0.3) is 0 Å². The maximum Gasteiger partial charge on any atom is 0.219 e. The summed E-state index contributed by atoms with van der Waals surface area (Å²) in [7, 11) is 0. The summed E-state index contributed by atoms with van der Waals surface area (Å²) < 4.78 is 10.7. The van der Waals surface area contributed by atoms with Crippen molar-refractivity contribution in [2.24, 2.45) is 0 Å². The van der Waals surface area contributed by atoms with Crippen molar-refractivity contribution in [3.05, 3.63) is 11.9 Å². The van der Waals surface area contributed by atoms with E-state index in [0.717, 1.165) is 24.6 Å². The van der Waals surface area contributed by atoms with E-state index in [9.17, 15) is 0 Å². The molecule has 88 valence electrons. The average molecular weight is 223 g/mol. The van der Waals surface area contributed by atoms with E-state index in [0.29, 0.717) is 19.1 Å². The Bertz CT molecular complexity index is 353. The lowest BCUT2D eigenvalue weighted by molar-refractivity contribution is -0.0814. The minimum atomic E-state index is 0.147. The number of anilines is 1. The van der Waals surface area contributed by atoms with E-state index in [4.69, 9.17) is 9.47 Å². The summed E-state index contributed by atoms with van der Waals surface area (Å²) in [4.78, 5) is 8.69. The molecule has 0 radical (unpaired) electrons. The highest BCUT2D eigenvalue weighted by atomic mass is 16.6. The molecule has 0 aromatic carbocycles. The molecule has 5 nitrogen and oxygen atoms in total. The first-order valence-corrected chi connectivity index (χ1v) is 5.68. The number of hydrogen-bond donors (Lipinski definition) is 1. The molecule has 5 heteroatoms. The molecule has 16 heavy (non-hydrogen) atoms. The van der Waals surface area contributed by atoms with E-state index >= 15 is 0 Å². The average Bonchev–Trinajstić information content (AvgIpc) is 2.24. The van der Waals surface area contributed by atoms with Gasteiger partial charge in [0.05, 0.1) is 13.2 Å². The van der Waals surface area contributed by atoms with Crippen molar-refractivity contribution in [3.8, 4) is 5.88 Å². The SMILES string of the molecule is CCNc1cc(OC2COC2)nc(CC)n1. The Labute approximate surface area is 95.2 Å². The molecule has 0 aliphatic carbocycles. The Morgan fingerprint density at radius 2 is 2.25 bits per heavy atom. The Morgan fingerprint density at radius 1 is 1.44 bits per heavy atom. The molecule has 1 fully saturated rings. The number of aromatic nitrogens is 2. The van der Waals surface area contributed by atoms with Crippen LogP contribution in [0.5, 0.6) is 5.88 Å². The Hall–Kier alpha value is -1.36. The summed E-state index contributed by atoms with van der Waals surface area (Å²) in [5.74, 6) is 2.26. The van der Waals surface area contributed by atoms with Crippen LogP contribution in [0.3, 0.4) is 0 Å². The predicted molar refractivity (Wildman–Crippen MR) is 60.8 cm³/mol. The summed E-state index contributed by atoms with van der Waals surface area (Å²) in [6.45, 7) is 6.21. The molecular formula is C11H17N3O2. The van der Waals surface area contributed by atoms with Gasteiger partial charge in [0.2, 0.25) is 5.88 Å². The van der Waals surface area contributed by atoms with Gasteiger partial charge >= 0.3 is 0 Å². The topological polar surface area (TPSA) is 56.3 Å². The van der Waals surface area contributed by atoms with Crippen LogP contribution in [0.15, 0.2) is 6.07 Å². The molecule has 1 saturated heterocycles.